The summed E-state index contributed by atoms with van der Waals surface area (Å²) in [5.41, 5.74) is 1.94. The molecule has 0 radical (unpaired) electrons. The van der Waals surface area contributed by atoms with E-state index >= 15 is 0 Å². The van der Waals surface area contributed by atoms with E-state index in [9.17, 15) is 14.7 Å². The van der Waals surface area contributed by atoms with E-state index in [0.29, 0.717) is 17.2 Å². The second-order valence-corrected chi connectivity index (χ2v) is 6.97. The summed E-state index contributed by atoms with van der Waals surface area (Å²) in [5, 5.41) is 21.7. The highest BCUT2D eigenvalue weighted by atomic mass is 16.4. The second kappa shape index (κ2) is 8.77. The summed E-state index contributed by atoms with van der Waals surface area (Å²) in [6.07, 6.45) is 7.05. The molecule has 1 aliphatic rings. The van der Waals surface area contributed by atoms with Gasteiger partial charge in [0.05, 0.1) is 23.9 Å². The molecule has 0 saturated heterocycles. The van der Waals surface area contributed by atoms with Crippen molar-refractivity contribution in [2.24, 2.45) is 5.92 Å². The van der Waals surface area contributed by atoms with Crippen LogP contribution in [0.2, 0.25) is 0 Å². The Morgan fingerprint density at radius 3 is 2.41 bits per heavy atom. The van der Waals surface area contributed by atoms with Gasteiger partial charge in [-0.2, -0.15) is 0 Å². The Balaban J connectivity index is 1.69. The molecule has 1 atom stereocenters. The van der Waals surface area contributed by atoms with Crippen molar-refractivity contribution in [1.82, 2.24) is 10.3 Å². The largest absolute Gasteiger partial charge is 0.478 e. The molecule has 6 heteroatoms. The van der Waals surface area contributed by atoms with Crippen molar-refractivity contribution in [1.29, 1.82) is 0 Å². The lowest BCUT2D eigenvalue weighted by atomic mass is 9.84. The van der Waals surface area contributed by atoms with Gasteiger partial charge in [-0.3, -0.25) is 9.78 Å². The van der Waals surface area contributed by atoms with Crippen molar-refractivity contribution in [2.45, 2.75) is 38.1 Å². The highest BCUT2D eigenvalue weighted by Gasteiger charge is 2.24. The number of carbonyl (C=O) groups is 2. The summed E-state index contributed by atoms with van der Waals surface area (Å²) in [6.45, 7) is -0.0552. The van der Waals surface area contributed by atoms with Gasteiger partial charge in [-0.05, 0) is 43.0 Å². The van der Waals surface area contributed by atoms with Crippen LogP contribution < -0.4 is 5.32 Å². The third-order valence-electron chi connectivity index (χ3n) is 5.18. The van der Waals surface area contributed by atoms with Crippen LogP contribution in [0.5, 0.6) is 0 Å². The van der Waals surface area contributed by atoms with Crippen molar-refractivity contribution in [3.05, 3.63) is 53.7 Å². The fourth-order valence-corrected chi connectivity index (χ4v) is 3.61. The average molecular weight is 368 g/mol. The molecule has 2 aromatic rings. The summed E-state index contributed by atoms with van der Waals surface area (Å²) in [4.78, 5) is 27.8. The van der Waals surface area contributed by atoms with Crippen LogP contribution in [0.4, 0.5) is 0 Å². The SMILES string of the molecule is O=C(O)c1ccnc(-c2ccc(C(=O)NC(CO)C3CCCCC3)cc2)c1. The summed E-state index contributed by atoms with van der Waals surface area (Å²) < 4.78 is 0. The van der Waals surface area contributed by atoms with Gasteiger partial charge >= 0.3 is 5.97 Å². The maximum absolute atomic E-state index is 12.5. The molecule has 3 N–H and O–H groups in total. The monoisotopic (exact) mass is 368 g/mol. The molecule has 1 fully saturated rings. The molecule has 27 heavy (non-hydrogen) atoms. The quantitative estimate of drug-likeness (QED) is 0.727. The first-order valence-electron chi connectivity index (χ1n) is 9.30. The molecule has 0 spiro atoms. The van der Waals surface area contributed by atoms with E-state index in [1.807, 2.05) is 0 Å². The van der Waals surface area contributed by atoms with Gasteiger partial charge in [0.2, 0.25) is 0 Å². The van der Waals surface area contributed by atoms with Gasteiger partial charge < -0.3 is 15.5 Å². The number of aromatic carboxylic acids is 1. The maximum atomic E-state index is 12.5. The second-order valence-electron chi connectivity index (χ2n) is 6.97. The number of hydrogen-bond donors (Lipinski definition) is 3. The van der Waals surface area contributed by atoms with Crippen LogP contribution in [0.1, 0.15) is 52.8 Å². The van der Waals surface area contributed by atoms with Crippen LogP contribution >= 0.6 is 0 Å². The van der Waals surface area contributed by atoms with E-state index in [4.69, 9.17) is 5.11 Å². The molecular formula is C21H24N2O4. The van der Waals surface area contributed by atoms with Gasteiger partial charge in [-0.15, -0.1) is 0 Å². The third kappa shape index (κ3) is 4.71. The minimum absolute atomic E-state index is 0.0552. The number of nitrogens with zero attached hydrogens (tertiary/aromatic N) is 1. The zero-order chi connectivity index (χ0) is 19.2. The summed E-state index contributed by atoms with van der Waals surface area (Å²) >= 11 is 0. The first-order chi connectivity index (χ1) is 13.1. The van der Waals surface area contributed by atoms with Gasteiger partial charge in [0.15, 0.2) is 0 Å². The van der Waals surface area contributed by atoms with Crippen molar-refractivity contribution in [3.8, 4) is 11.3 Å². The number of nitrogens with one attached hydrogen (secondary N) is 1. The number of carbonyl (C=O) groups excluding carboxylic acids is 1. The normalized spacial score (nSPS) is 15.9. The highest BCUT2D eigenvalue weighted by molar-refractivity contribution is 5.95. The number of benzene rings is 1. The average Bonchev–Trinajstić information content (AvgIpc) is 2.72. The van der Waals surface area contributed by atoms with Crippen LogP contribution in [0.3, 0.4) is 0 Å². The fourth-order valence-electron chi connectivity index (χ4n) is 3.61. The van der Waals surface area contributed by atoms with Crippen LogP contribution in [0, 0.1) is 5.92 Å². The smallest absolute Gasteiger partial charge is 0.335 e. The van der Waals surface area contributed by atoms with E-state index in [1.165, 1.54) is 24.8 Å². The number of hydrogen-bond acceptors (Lipinski definition) is 4. The minimum Gasteiger partial charge on any atom is -0.478 e. The number of rotatable bonds is 6. The predicted octanol–water partition coefficient (Wildman–Crippen LogP) is 3.12. The predicted molar refractivity (Wildman–Crippen MR) is 102 cm³/mol. The number of pyridine rings is 1. The number of carboxylic acids is 1. The van der Waals surface area contributed by atoms with Crippen LogP contribution in [0.15, 0.2) is 42.6 Å². The van der Waals surface area contributed by atoms with Crippen LogP contribution in [-0.2, 0) is 0 Å². The molecule has 3 rings (SSSR count). The molecule has 1 amide bonds. The number of amides is 1. The van der Waals surface area contributed by atoms with Crippen molar-refractivity contribution < 1.29 is 19.8 Å². The zero-order valence-electron chi connectivity index (χ0n) is 15.1. The third-order valence-corrected chi connectivity index (χ3v) is 5.18. The van der Waals surface area contributed by atoms with Crippen molar-refractivity contribution >= 4 is 11.9 Å². The van der Waals surface area contributed by atoms with Gasteiger partial charge in [-0.1, -0.05) is 31.4 Å². The molecule has 1 unspecified atom stereocenters. The number of aliphatic hydroxyl groups excluding tert-OH is 1. The molecule has 1 heterocycles. The summed E-state index contributed by atoms with van der Waals surface area (Å²) in [6, 6.07) is 9.60. The van der Waals surface area contributed by atoms with Gasteiger partial charge in [0.25, 0.3) is 5.91 Å². The number of aromatic nitrogens is 1. The lowest BCUT2D eigenvalue weighted by Gasteiger charge is -2.29. The first kappa shape index (κ1) is 19.0. The van der Waals surface area contributed by atoms with E-state index < -0.39 is 5.97 Å². The minimum atomic E-state index is -1.01. The topological polar surface area (TPSA) is 99.5 Å². The molecule has 142 valence electrons. The Bertz CT molecular complexity index is 798. The molecular weight excluding hydrogens is 344 g/mol. The fraction of sp³-hybridized carbons (Fsp3) is 0.381. The molecule has 0 bridgehead atoms. The molecule has 1 saturated carbocycles. The maximum Gasteiger partial charge on any atom is 0.335 e. The van der Waals surface area contributed by atoms with Crippen molar-refractivity contribution in [2.75, 3.05) is 6.61 Å². The molecule has 0 aliphatic heterocycles. The Morgan fingerprint density at radius 2 is 1.78 bits per heavy atom. The van der Waals surface area contributed by atoms with E-state index in [2.05, 4.69) is 10.3 Å². The summed E-state index contributed by atoms with van der Waals surface area (Å²) in [7, 11) is 0. The number of aliphatic hydroxyl groups is 1. The Labute approximate surface area is 158 Å². The van der Waals surface area contributed by atoms with E-state index in [0.717, 1.165) is 31.2 Å². The Hall–Kier alpha value is -2.73. The van der Waals surface area contributed by atoms with E-state index in [-0.39, 0.29) is 24.1 Å². The van der Waals surface area contributed by atoms with Crippen molar-refractivity contribution in [3.63, 3.8) is 0 Å². The summed E-state index contributed by atoms with van der Waals surface area (Å²) in [5.74, 6) is -0.888. The molecule has 6 nitrogen and oxygen atoms in total. The molecule has 1 aromatic carbocycles. The Morgan fingerprint density at radius 1 is 1.07 bits per heavy atom. The van der Waals surface area contributed by atoms with Gasteiger partial charge in [0, 0.05) is 17.3 Å². The first-order valence-corrected chi connectivity index (χ1v) is 9.30. The van der Waals surface area contributed by atoms with Crippen LogP contribution in [-0.4, -0.2) is 39.7 Å². The lowest BCUT2D eigenvalue weighted by Crippen LogP contribution is -2.43. The van der Waals surface area contributed by atoms with Crippen LogP contribution in [0.25, 0.3) is 11.3 Å². The Kier molecular flexibility index (Phi) is 6.19. The standard InChI is InChI=1S/C21H24N2O4/c24-13-19(14-4-2-1-3-5-14)23-20(25)16-8-6-15(7-9-16)18-12-17(21(26)27)10-11-22-18/h6-12,14,19,24H,1-5,13H2,(H,23,25)(H,26,27). The molecule has 1 aliphatic carbocycles. The van der Waals surface area contributed by atoms with E-state index in [1.54, 1.807) is 24.3 Å². The van der Waals surface area contributed by atoms with Gasteiger partial charge in [-0.25, -0.2) is 4.79 Å². The lowest BCUT2D eigenvalue weighted by molar-refractivity contribution is 0.0696. The van der Waals surface area contributed by atoms with Gasteiger partial charge in [0.1, 0.15) is 0 Å². The highest BCUT2D eigenvalue weighted by Crippen LogP contribution is 2.26. The number of carboxylic acid groups (broad SMARTS) is 1. The molecule has 1 aromatic heterocycles. The zero-order valence-corrected chi connectivity index (χ0v) is 15.1.